The molecule has 1 heterocycles. The van der Waals surface area contributed by atoms with Gasteiger partial charge in [-0.15, -0.1) is 11.3 Å². The molecule has 1 aromatic heterocycles. The number of aromatic hydroxyl groups is 1. The monoisotopic (exact) mass is 423 g/mol. The van der Waals surface area contributed by atoms with Crippen LogP contribution in [0.1, 0.15) is 20.9 Å². The summed E-state index contributed by atoms with van der Waals surface area (Å²) in [4.78, 5) is 17.6. The van der Waals surface area contributed by atoms with Crippen molar-refractivity contribution in [1.29, 1.82) is 0 Å². The fourth-order valence-electron chi connectivity index (χ4n) is 2.27. The van der Waals surface area contributed by atoms with Gasteiger partial charge in [-0.2, -0.15) is 0 Å². The first kappa shape index (κ1) is 18.9. The van der Waals surface area contributed by atoms with E-state index in [-0.39, 0.29) is 21.6 Å². The highest BCUT2D eigenvalue weighted by molar-refractivity contribution is 7.17. The SMILES string of the molecule is Cc1nc(-c2ccc(Cl)cc2)sc1C(=O)C=Cc1ccc(O)c(Cl)c1Cl. The minimum atomic E-state index is -0.180. The van der Waals surface area contributed by atoms with Gasteiger partial charge < -0.3 is 5.11 Å². The molecule has 1 N–H and O–H groups in total. The Morgan fingerprint density at radius 2 is 1.77 bits per heavy atom. The minimum absolute atomic E-state index is 0.0558. The van der Waals surface area contributed by atoms with Crippen molar-refractivity contribution in [3.05, 3.63) is 73.7 Å². The van der Waals surface area contributed by atoms with Crippen molar-refractivity contribution >= 4 is 58.0 Å². The Bertz CT molecular complexity index is 1010. The summed E-state index contributed by atoms with van der Waals surface area (Å²) >= 11 is 19.2. The predicted octanol–water partition coefficient (Wildman–Crippen LogP) is 6.68. The number of ketones is 1. The predicted molar refractivity (Wildman–Crippen MR) is 109 cm³/mol. The van der Waals surface area contributed by atoms with E-state index in [0.29, 0.717) is 21.2 Å². The van der Waals surface area contributed by atoms with Gasteiger partial charge in [0.2, 0.25) is 0 Å². The molecule has 26 heavy (non-hydrogen) atoms. The van der Waals surface area contributed by atoms with Crippen LogP contribution in [0.3, 0.4) is 0 Å². The molecule has 132 valence electrons. The van der Waals surface area contributed by atoms with Gasteiger partial charge in [-0.3, -0.25) is 4.79 Å². The smallest absolute Gasteiger partial charge is 0.197 e. The molecule has 0 fully saturated rings. The molecule has 3 nitrogen and oxygen atoms in total. The second-order valence-electron chi connectivity index (χ2n) is 5.44. The van der Waals surface area contributed by atoms with Gasteiger partial charge in [0.05, 0.1) is 15.6 Å². The number of carbonyl (C=O) groups excluding carboxylic acids is 1. The molecule has 2 aromatic carbocycles. The van der Waals surface area contributed by atoms with Crippen molar-refractivity contribution in [2.24, 2.45) is 0 Å². The first-order chi connectivity index (χ1) is 12.4. The zero-order chi connectivity index (χ0) is 18.8. The first-order valence-corrected chi connectivity index (χ1v) is 9.44. The number of aromatic nitrogens is 1. The molecule has 0 unspecified atom stereocenters. The normalized spacial score (nSPS) is 11.2. The van der Waals surface area contributed by atoms with Crippen LogP contribution in [-0.4, -0.2) is 15.9 Å². The summed E-state index contributed by atoms with van der Waals surface area (Å²) < 4.78 is 0. The van der Waals surface area contributed by atoms with E-state index in [2.05, 4.69) is 4.98 Å². The lowest BCUT2D eigenvalue weighted by atomic mass is 10.1. The van der Waals surface area contributed by atoms with Gasteiger partial charge in [-0.25, -0.2) is 4.98 Å². The number of phenols is 1. The zero-order valence-corrected chi connectivity index (χ0v) is 16.5. The molecule has 0 aliphatic carbocycles. The van der Waals surface area contributed by atoms with E-state index in [0.717, 1.165) is 10.6 Å². The molecule has 0 aliphatic rings. The Kier molecular flexibility index (Phi) is 5.68. The summed E-state index contributed by atoms with van der Waals surface area (Å²) in [6.45, 7) is 1.79. The van der Waals surface area contributed by atoms with Crippen molar-refractivity contribution in [2.45, 2.75) is 6.92 Å². The van der Waals surface area contributed by atoms with Crippen molar-refractivity contribution in [3.8, 4) is 16.3 Å². The van der Waals surface area contributed by atoms with E-state index in [9.17, 15) is 9.90 Å². The van der Waals surface area contributed by atoms with E-state index in [4.69, 9.17) is 34.8 Å². The van der Waals surface area contributed by atoms with Crippen LogP contribution >= 0.6 is 46.1 Å². The summed E-state index contributed by atoms with van der Waals surface area (Å²) in [6, 6.07) is 10.3. The van der Waals surface area contributed by atoms with Crippen LogP contribution in [0.25, 0.3) is 16.6 Å². The molecule has 0 saturated heterocycles. The average molecular weight is 425 g/mol. The Morgan fingerprint density at radius 1 is 1.08 bits per heavy atom. The van der Waals surface area contributed by atoms with Crippen LogP contribution in [0.4, 0.5) is 0 Å². The van der Waals surface area contributed by atoms with Gasteiger partial charge in [-0.05, 0) is 48.9 Å². The number of hydrogen-bond donors (Lipinski definition) is 1. The summed E-state index contributed by atoms with van der Waals surface area (Å²) in [7, 11) is 0. The Morgan fingerprint density at radius 3 is 2.46 bits per heavy atom. The van der Waals surface area contributed by atoms with Crippen molar-refractivity contribution in [2.75, 3.05) is 0 Å². The molecule has 0 bridgehead atoms. The van der Waals surface area contributed by atoms with E-state index < -0.39 is 0 Å². The molecule has 0 saturated carbocycles. The molecule has 3 rings (SSSR count). The third-order valence-electron chi connectivity index (χ3n) is 3.62. The van der Waals surface area contributed by atoms with Crippen LogP contribution < -0.4 is 0 Å². The second-order valence-corrected chi connectivity index (χ2v) is 7.63. The van der Waals surface area contributed by atoms with Gasteiger partial charge in [0.25, 0.3) is 0 Å². The van der Waals surface area contributed by atoms with Crippen LogP contribution in [0.5, 0.6) is 5.75 Å². The number of hydrogen-bond acceptors (Lipinski definition) is 4. The Hall–Kier alpha value is -1.85. The first-order valence-electron chi connectivity index (χ1n) is 7.49. The van der Waals surface area contributed by atoms with Crippen LogP contribution in [0, 0.1) is 6.92 Å². The lowest BCUT2D eigenvalue weighted by Gasteiger charge is -2.02. The van der Waals surface area contributed by atoms with Crippen molar-refractivity contribution < 1.29 is 9.90 Å². The summed E-state index contributed by atoms with van der Waals surface area (Å²) in [5, 5.41) is 11.2. The summed E-state index contributed by atoms with van der Waals surface area (Å²) in [5.41, 5.74) is 2.10. The third kappa shape index (κ3) is 3.94. The molecule has 0 amide bonds. The van der Waals surface area contributed by atoms with Gasteiger partial charge >= 0.3 is 0 Å². The largest absolute Gasteiger partial charge is 0.506 e. The third-order valence-corrected chi connectivity index (χ3v) is 5.98. The fourth-order valence-corrected chi connectivity index (χ4v) is 3.78. The molecule has 7 heteroatoms. The second kappa shape index (κ2) is 7.80. The molecule has 0 spiro atoms. The molecular formula is C19H12Cl3NO2S. The zero-order valence-electron chi connectivity index (χ0n) is 13.5. The topological polar surface area (TPSA) is 50.2 Å². The highest BCUT2D eigenvalue weighted by atomic mass is 35.5. The van der Waals surface area contributed by atoms with Gasteiger partial charge in [0.1, 0.15) is 15.8 Å². The number of rotatable bonds is 4. The standard InChI is InChI=1S/C19H12Cl3NO2S/c1-10-18(26-19(23-10)12-2-6-13(20)7-3-12)15(25)9-5-11-4-8-14(24)17(22)16(11)21/h2-9,24H,1H3. The van der Waals surface area contributed by atoms with E-state index in [1.807, 2.05) is 12.1 Å². The molecule has 0 aliphatic heterocycles. The van der Waals surface area contributed by atoms with Crippen molar-refractivity contribution in [1.82, 2.24) is 4.98 Å². The molecule has 0 atom stereocenters. The van der Waals surface area contributed by atoms with Gasteiger partial charge in [0, 0.05) is 10.6 Å². The van der Waals surface area contributed by atoms with Gasteiger partial charge in [0.15, 0.2) is 5.78 Å². The van der Waals surface area contributed by atoms with E-state index >= 15 is 0 Å². The summed E-state index contributed by atoms with van der Waals surface area (Å²) in [6.07, 6.45) is 2.98. The minimum Gasteiger partial charge on any atom is -0.506 e. The molecular weight excluding hydrogens is 413 g/mol. The number of phenolic OH excluding ortho intramolecular Hbond substituents is 1. The van der Waals surface area contributed by atoms with Crippen LogP contribution in [0.2, 0.25) is 15.1 Å². The van der Waals surface area contributed by atoms with Crippen LogP contribution in [-0.2, 0) is 0 Å². The number of allylic oxidation sites excluding steroid dienone is 1. The van der Waals surface area contributed by atoms with E-state index in [1.165, 1.54) is 23.5 Å². The maximum absolute atomic E-state index is 12.5. The quantitative estimate of drug-likeness (QED) is 0.375. The highest BCUT2D eigenvalue weighted by Crippen LogP contribution is 2.34. The lowest BCUT2D eigenvalue weighted by molar-refractivity contribution is 0.105. The van der Waals surface area contributed by atoms with Gasteiger partial charge in [-0.1, -0.05) is 46.9 Å². The number of thiazole rings is 1. The average Bonchev–Trinajstić information content (AvgIpc) is 3.01. The lowest BCUT2D eigenvalue weighted by Crippen LogP contribution is -1.93. The number of aryl methyl sites for hydroxylation is 1. The highest BCUT2D eigenvalue weighted by Gasteiger charge is 2.15. The number of carbonyl (C=O) groups is 1. The number of nitrogens with zero attached hydrogens (tertiary/aromatic N) is 1. The maximum atomic E-state index is 12.5. The number of halogens is 3. The van der Waals surface area contributed by atoms with Crippen LogP contribution in [0.15, 0.2) is 42.5 Å². The molecule has 0 radical (unpaired) electrons. The summed E-state index contributed by atoms with van der Waals surface area (Å²) in [5.74, 6) is -0.286. The Labute approximate surface area is 169 Å². The number of benzene rings is 2. The van der Waals surface area contributed by atoms with E-state index in [1.54, 1.807) is 31.2 Å². The maximum Gasteiger partial charge on any atom is 0.197 e. The Balaban J connectivity index is 1.87. The molecule has 3 aromatic rings. The van der Waals surface area contributed by atoms with Crippen molar-refractivity contribution in [3.63, 3.8) is 0 Å². The fraction of sp³-hybridized carbons (Fsp3) is 0.0526.